The van der Waals surface area contributed by atoms with Crippen molar-refractivity contribution in [2.24, 2.45) is 0 Å². The van der Waals surface area contributed by atoms with E-state index in [2.05, 4.69) is 10.6 Å². The minimum atomic E-state index is -1.22. The Morgan fingerprint density at radius 1 is 0.917 bits per heavy atom. The number of aliphatic carboxylic acids is 1. The molecule has 0 unspecified atom stereocenters. The number of carbonyl (C=O) groups is 3. The molecule has 0 aliphatic heterocycles. The molecule has 3 aromatic carbocycles. The van der Waals surface area contributed by atoms with Crippen LogP contribution < -0.4 is 20.1 Å². The molecular formula is C26H24Cl2N2O6. The Kier molecular flexibility index (Phi) is 8.79. The second-order valence-corrected chi connectivity index (χ2v) is 8.51. The Labute approximate surface area is 218 Å². The summed E-state index contributed by atoms with van der Waals surface area (Å²) in [6.07, 6.45) is 0.0211. The minimum absolute atomic E-state index is 0.0156. The summed E-state index contributed by atoms with van der Waals surface area (Å²) in [6, 6.07) is 13.6. The molecule has 0 aromatic heterocycles. The average molecular weight is 531 g/mol. The molecule has 0 spiro atoms. The standard InChI is InChI=1S/C26H24Cl2N2O6/c1-29-24(31)16-12-20(35-2)22(21(13-16)36-3)15-9-7-14(8-10-15)11-19(26(33)34)30-25(32)23-17(27)5-4-6-18(23)28/h4-10,12-13,19H,11H2,1-3H3,(H,29,31)(H,30,32)(H,33,34)/t19-/m0/s1. The van der Waals surface area contributed by atoms with Crippen molar-refractivity contribution in [3.05, 3.63) is 81.3 Å². The number of hydrogen-bond donors (Lipinski definition) is 3. The predicted molar refractivity (Wildman–Crippen MR) is 137 cm³/mol. The minimum Gasteiger partial charge on any atom is -0.496 e. The second-order valence-electron chi connectivity index (χ2n) is 7.70. The predicted octanol–water partition coefficient (Wildman–Crippen LogP) is 4.46. The van der Waals surface area contributed by atoms with Crippen molar-refractivity contribution < 1.29 is 29.0 Å². The Balaban J connectivity index is 1.86. The van der Waals surface area contributed by atoms with Gasteiger partial charge in [-0.2, -0.15) is 0 Å². The van der Waals surface area contributed by atoms with Crippen molar-refractivity contribution in [3.63, 3.8) is 0 Å². The van der Waals surface area contributed by atoms with E-state index in [9.17, 15) is 19.5 Å². The lowest BCUT2D eigenvalue weighted by molar-refractivity contribution is -0.139. The molecule has 10 heteroatoms. The fourth-order valence-corrected chi connectivity index (χ4v) is 4.23. The first-order valence-corrected chi connectivity index (χ1v) is 11.5. The van der Waals surface area contributed by atoms with Gasteiger partial charge in [0.1, 0.15) is 17.5 Å². The number of methoxy groups -OCH3 is 2. The highest BCUT2D eigenvalue weighted by Crippen LogP contribution is 2.39. The number of amides is 2. The largest absolute Gasteiger partial charge is 0.496 e. The van der Waals surface area contributed by atoms with Crippen LogP contribution in [0.3, 0.4) is 0 Å². The molecule has 3 N–H and O–H groups in total. The van der Waals surface area contributed by atoms with Crippen molar-refractivity contribution in [1.82, 2.24) is 10.6 Å². The van der Waals surface area contributed by atoms with Crippen molar-refractivity contribution >= 4 is 41.0 Å². The first-order chi connectivity index (χ1) is 17.2. The number of rotatable bonds is 9. The van der Waals surface area contributed by atoms with E-state index >= 15 is 0 Å². The highest BCUT2D eigenvalue weighted by molar-refractivity contribution is 6.39. The van der Waals surface area contributed by atoms with Crippen molar-refractivity contribution in [2.45, 2.75) is 12.5 Å². The third kappa shape index (κ3) is 5.90. The molecule has 3 aromatic rings. The number of halogens is 2. The second kappa shape index (κ2) is 11.8. The maximum Gasteiger partial charge on any atom is 0.326 e. The van der Waals surface area contributed by atoms with E-state index in [1.807, 2.05) is 0 Å². The third-order valence-electron chi connectivity index (χ3n) is 5.47. The van der Waals surface area contributed by atoms with Gasteiger partial charge in [0.05, 0.1) is 35.4 Å². The summed E-state index contributed by atoms with van der Waals surface area (Å²) in [5.41, 5.74) is 2.42. The van der Waals surface area contributed by atoms with Gasteiger partial charge in [-0.3, -0.25) is 9.59 Å². The highest BCUT2D eigenvalue weighted by Gasteiger charge is 2.24. The maximum atomic E-state index is 12.7. The fraction of sp³-hybridized carbons (Fsp3) is 0.192. The molecule has 0 bridgehead atoms. The van der Waals surface area contributed by atoms with Crippen molar-refractivity contribution in [1.29, 1.82) is 0 Å². The molecule has 1 atom stereocenters. The number of ether oxygens (including phenoxy) is 2. The highest BCUT2D eigenvalue weighted by atomic mass is 35.5. The third-order valence-corrected chi connectivity index (χ3v) is 6.10. The van der Waals surface area contributed by atoms with Gasteiger partial charge in [0.2, 0.25) is 0 Å². The Bertz CT molecular complexity index is 1250. The van der Waals surface area contributed by atoms with Crippen molar-refractivity contribution in [2.75, 3.05) is 21.3 Å². The van der Waals surface area contributed by atoms with Gasteiger partial charge in [0.25, 0.3) is 11.8 Å². The van der Waals surface area contributed by atoms with Crippen LogP contribution in [0.25, 0.3) is 11.1 Å². The summed E-state index contributed by atoms with van der Waals surface area (Å²) in [4.78, 5) is 36.6. The first-order valence-electron chi connectivity index (χ1n) is 10.7. The molecule has 0 saturated carbocycles. The molecule has 0 saturated heterocycles. The van der Waals surface area contributed by atoms with E-state index in [0.717, 1.165) is 5.56 Å². The lowest BCUT2D eigenvalue weighted by Gasteiger charge is -2.17. The Hall–Kier alpha value is -3.75. The van der Waals surface area contributed by atoms with Gasteiger partial charge in [-0.25, -0.2) is 4.79 Å². The van der Waals surface area contributed by atoms with Gasteiger partial charge in [0.15, 0.2) is 0 Å². The van der Waals surface area contributed by atoms with Gasteiger partial charge in [-0.15, -0.1) is 0 Å². The van der Waals surface area contributed by atoms with E-state index in [1.54, 1.807) is 42.5 Å². The van der Waals surface area contributed by atoms with Crippen LogP contribution in [0.4, 0.5) is 0 Å². The van der Waals surface area contributed by atoms with Crippen LogP contribution in [-0.2, 0) is 11.2 Å². The van der Waals surface area contributed by atoms with Gasteiger partial charge in [0, 0.05) is 19.0 Å². The van der Waals surface area contributed by atoms with E-state index < -0.39 is 17.9 Å². The molecule has 0 aliphatic rings. The molecule has 0 aliphatic carbocycles. The van der Waals surface area contributed by atoms with Crippen LogP contribution in [0.1, 0.15) is 26.3 Å². The molecule has 36 heavy (non-hydrogen) atoms. The van der Waals surface area contributed by atoms with Crippen LogP contribution in [0.2, 0.25) is 10.0 Å². The van der Waals surface area contributed by atoms with Gasteiger partial charge < -0.3 is 25.2 Å². The Morgan fingerprint density at radius 3 is 1.94 bits per heavy atom. The summed E-state index contributed by atoms with van der Waals surface area (Å²) >= 11 is 12.1. The molecule has 0 heterocycles. The maximum absolute atomic E-state index is 12.7. The quantitative estimate of drug-likeness (QED) is 0.376. The number of nitrogens with one attached hydrogen (secondary N) is 2. The normalized spacial score (nSPS) is 11.4. The van der Waals surface area contributed by atoms with Gasteiger partial charge >= 0.3 is 5.97 Å². The zero-order valence-corrected chi connectivity index (χ0v) is 21.2. The SMILES string of the molecule is CNC(=O)c1cc(OC)c(-c2ccc(C[C@H](NC(=O)c3c(Cl)cccc3Cl)C(=O)O)cc2)c(OC)c1. The summed E-state index contributed by atoms with van der Waals surface area (Å²) in [7, 11) is 4.51. The summed E-state index contributed by atoms with van der Waals surface area (Å²) in [5.74, 6) is -1.29. The van der Waals surface area contributed by atoms with Gasteiger partial charge in [-0.05, 0) is 35.4 Å². The first kappa shape index (κ1) is 26.8. The summed E-state index contributed by atoms with van der Waals surface area (Å²) < 4.78 is 11.0. The van der Waals surface area contributed by atoms with E-state index in [4.69, 9.17) is 32.7 Å². The molecule has 0 radical (unpaired) electrons. The zero-order valence-electron chi connectivity index (χ0n) is 19.7. The van der Waals surface area contributed by atoms with Crippen molar-refractivity contribution in [3.8, 4) is 22.6 Å². The van der Waals surface area contributed by atoms with Crippen LogP contribution in [0.5, 0.6) is 11.5 Å². The Morgan fingerprint density at radius 2 is 1.47 bits per heavy atom. The fourth-order valence-electron chi connectivity index (χ4n) is 3.66. The molecule has 188 valence electrons. The summed E-state index contributed by atoms with van der Waals surface area (Å²) in [6.45, 7) is 0. The van der Waals surface area contributed by atoms with Gasteiger partial charge in [-0.1, -0.05) is 53.5 Å². The number of carboxylic acid groups (broad SMARTS) is 1. The van der Waals surface area contributed by atoms with E-state index in [1.165, 1.54) is 33.4 Å². The topological polar surface area (TPSA) is 114 Å². The molecule has 2 amide bonds. The number of benzene rings is 3. The number of carbonyl (C=O) groups excluding carboxylic acids is 2. The average Bonchev–Trinajstić information content (AvgIpc) is 2.87. The summed E-state index contributed by atoms with van der Waals surface area (Å²) in [5, 5.41) is 15.0. The number of carboxylic acids is 1. The van der Waals surface area contributed by atoms with Crippen LogP contribution in [0, 0.1) is 0 Å². The van der Waals surface area contributed by atoms with Crippen LogP contribution >= 0.6 is 23.2 Å². The lowest BCUT2D eigenvalue weighted by atomic mass is 9.97. The lowest BCUT2D eigenvalue weighted by Crippen LogP contribution is -2.42. The van der Waals surface area contributed by atoms with Crippen LogP contribution in [-0.4, -0.2) is 50.2 Å². The molecule has 0 fully saturated rings. The number of hydrogen-bond acceptors (Lipinski definition) is 5. The van der Waals surface area contributed by atoms with E-state index in [0.29, 0.717) is 28.2 Å². The van der Waals surface area contributed by atoms with E-state index in [-0.39, 0.29) is 27.9 Å². The smallest absolute Gasteiger partial charge is 0.326 e. The zero-order chi connectivity index (χ0) is 26.4. The molecular weight excluding hydrogens is 507 g/mol. The molecule has 8 nitrogen and oxygen atoms in total. The molecule has 3 rings (SSSR count). The van der Waals surface area contributed by atoms with Crippen LogP contribution in [0.15, 0.2) is 54.6 Å². The monoisotopic (exact) mass is 530 g/mol.